The molecule has 6 nitrogen and oxygen atoms in total. The summed E-state index contributed by atoms with van der Waals surface area (Å²) in [5.41, 5.74) is 3.22. The minimum absolute atomic E-state index is 0.0849. The van der Waals surface area contributed by atoms with Crippen LogP contribution in [-0.2, 0) is 11.2 Å². The molecule has 0 spiro atoms. The Balaban J connectivity index is 1.62. The molecule has 1 aromatic heterocycles. The fourth-order valence-electron chi connectivity index (χ4n) is 3.79. The molecule has 32 heavy (non-hydrogen) atoms. The number of carbonyl (C=O) groups is 2. The maximum atomic E-state index is 14.0. The van der Waals surface area contributed by atoms with Gasteiger partial charge < -0.3 is 10.0 Å². The summed E-state index contributed by atoms with van der Waals surface area (Å²) in [6, 6.07) is 21.2. The number of amides is 1. The largest absolute Gasteiger partial charge is 0.480 e. The standard InChI is InChI=1S/C25H22FN3O3/c1-17-27-22-15-19(11-12-23(22)29(17)20-8-3-2-4-9-20)25(32)28(16-24(30)31)14-13-18-7-5-6-10-21(18)26/h2-12,15H,13-14,16H2,1H3,(H,30,31). The van der Waals surface area contributed by atoms with E-state index in [1.54, 1.807) is 30.3 Å². The Morgan fingerprint density at radius 1 is 1.03 bits per heavy atom. The van der Waals surface area contributed by atoms with Crippen LogP contribution in [0, 0.1) is 12.7 Å². The number of aromatic nitrogens is 2. The van der Waals surface area contributed by atoms with Gasteiger partial charge in [0.05, 0.1) is 11.0 Å². The van der Waals surface area contributed by atoms with Gasteiger partial charge in [-0.2, -0.15) is 0 Å². The number of carbonyl (C=O) groups excluding carboxylic acids is 1. The zero-order valence-electron chi connectivity index (χ0n) is 17.5. The third-order valence-electron chi connectivity index (χ3n) is 5.31. The first-order valence-corrected chi connectivity index (χ1v) is 10.2. The number of hydrogen-bond acceptors (Lipinski definition) is 3. The van der Waals surface area contributed by atoms with Crippen molar-refractivity contribution < 1.29 is 19.1 Å². The molecule has 0 aliphatic heterocycles. The van der Waals surface area contributed by atoms with Crippen LogP contribution in [0.25, 0.3) is 16.7 Å². The number of rotatable bonds is 7. The van der Waals surface area contributed by atoms with Crippen molar-refractivity contribution in [2.24, 2.45) is 0 Å². The lowest BCUT2D eigenvalue weighted by Crippen LogP contribution is -2.37. The van der Waals surface area contributed by atoms with Crippen molar-refractivity contribution in [1.82, 2.24) is 14.5 Å². The van der Waals surface area contributed by atoms with Crippen LogP contribution in [0.2, 0.25) is 0 Å². The zero-order valence-corrected chi connectivity index (χ0v) is 17.5. The van der Waals surface area contributed by atoms with E-state index in [2.05, 4.69) is 4.98 Å². The summed E-state index contributed by atoms with van der Waals surface area (Å²) in [5, 5.41) is 9.29. The quantitative estimate of drug-likeness (QED) is 0.475. The van der Waals surface area contributed by atoms with Gasteiger partial charge in [0.1, 0.15) is 18.2 Å². The topological polar surface area (TPSA) is 75.4 Å². The van der Waals surface area contributed by atoms with Crippen molar-refractivity contribution in [2.45, 2.75) is 13.3 Å². The van der Waals surface area contributed by atoms with Gasteiger partial charge in [0.2, 0.25) is 0 Å². The number of nitrogens with zero attached hydrogens (tertiary/aromatic N) is 3. The Morgan fingerprint density at radius 2 is 1.75 bits per heavy atom. The van der Waals surface area contributed by atoms with Crippen LogP contribution in [-0.4, -0.2) is 44.5 Å². The molecule has 1 heterocycles. The number of halogens is 1. The summed E-state index contributed by atoms with van der Waals surface area (Å²) >= 11 is 0. The number of carboxylic acid groups (broad SMARTS) is 1. The summed E-state index contributed by atoms with van der Waals surface area (Å²) in [5.74, 6) is -1.16. The molecule has 0 saturated carbocycles. The zero-order chi connectivity index (χ0) is 22.7. The molecule has 0 fully saturated rings. The summed E-state index contributed by atoms with van der Waals surface area (Å²) < 4.78 is 15.9. The Morgan fingerprint density at radius 3 is 2.47 bits per heavy atom. The van der Waals surface area contributed by atoms with E-state index in [0.29, 0.717) is 16.6 Å². The molecule has 162 valence electrons. The van der Waals surface area contributed by atoms with Crippen molar-refractivity contribution in [1.29, 1.82) is 0 Å². The fraction of sp³-hybridized carbons (Fsp3) is 0.160. The SMILES string of the molecule is Cc1nc2cc(C(=O)N(CCc3ccccc3F)CC(=O)O)ccc2n1-c1ccccc1. The number of carboxylic acids is 1. The Hall–Kier alpha value is -4.00. The van der Waals surface area contributed by atoms with Gasteiger partial charge in [-0.3, -0.25) is 14.2 Å². The highest BCUT2D eigenvalue weighted by Crippen LogP contribution is 2.23. The number of fused-ring (bicyclic) bond motifs is 1. The number of aliphatic carboxylic acids is 1. The van der Waals surface area contributed by atoms with Crippen LogP contribution in [0.15, 0.2) is 72.8 Å². The lowest BCUT2D eigenvalue weighted by Gasteiger charge is -2.21. The number of hydrogen-bond donors (Lipinski definition) is 1. The maximum Gasteiger partial charge on any atom is 0.323 e. The molecule has 0 aliphatic carbocycles. The third kappa shape index (κ3) is 4.37. The van der Waals surface area contributed by atoms with Gasteiger partial charge in [-0.15, -0.1) is 0 Å². The van der Waals surface area contributed by atoms with Gasteiger partial charge in [-0.1, -0.05) is 36.4 Å². The minimum atomic E-state index is -1.13. The Kier molecular flexibility index (Phi) is 5.98. The smallest absolute Gasteiger partial charge is 0.323 e. The Labute approximate surface area is 184 Å². The predicted octanol–water partition coefficient (Wildman–Crippen LogP) is 4.24. The van der Waals surface area contributed by atoms with E-state index >= 15 is 0 Å². The average molecular weight is 431 g/mol. The third-order valence-corrected chi connectivity index (χ3v) is 5.31. The van der Waals surface area contributed by atoms with Crippen molar-refractivity contribution in [3.05, 3.63) is 95.6 Å². The normalized spacial score (nSPS) is 10.9. The van der Waals surface area contributed by atoms with Crippen molar-refractivity contribution in [3.63, 3.8) is 0 Å². The lowest BCUT2D eigenvalue weighted by molar-refractivity contribution is -0.137. The molecule has 4 rings (SSSR count). The highest BCUT2D eigenvalue weighted by Gasteiger charge is 2.20. The molecule has 0 aliphatic rings. The molecular weight excluding hydrogens is 409 g/mol. The molecule has 0 saturated heterocycles. The minimum Gasteiger partial charge on any atom is -0.480 e. The number of benzene rings is 3. The van der Waals surface area contributed by atoms with Crippen LogP contribution in [0.3, 0.4) is 0 Å². The first-order chi connectivity index (χ1) is 15.4. The van der Waals surface area contributed by atoms with E-state index in [1.165, 1.54) is 11.0 Å². The second-order valence-corrected chi connectivity index (χ2v) is 7.50. The number of aryl methyl sites for hydroxylation is 1. The van der Waals surface area contributed by atoms with Crippen LogP contribution in [0.1, 0.15) is 21.7 Å². The van der Waals surface area contributed by atoms with Crippen molar-refractivity contribution in [2.75, 3.05) is 13.1 Å². The van der Waals surface area contributed by atoms with Crippen molar-refractivity contribution >= 4 is 22.9 Å². The van der Waals surface area contributed by atoms with E-state index in [4.69, 9.17) is 0 Å². The summed E-state index contributed by atoms with van der Waals surface area (Å²) in [4.78, 5) is 30.3. The molecule has 3 aromatic carbocycles. The molecule has 0 unspecified atom stereocenters. The highest BCUT2D eigenvalue weighted by molar-refractivity contribution is 5.98. The molecule has 0 bridgehead atoms. The molecule has 4 aromatic rings. The van der Waals surface area contributed by atoms with Gasteiger partial charge in [0.25, 0.3) is 5.91 Å². The molecule has 0 atom stereocenters. The summed E-state index contributed by atoms with van der Waals surface area (Å²) in [7, 11) is 0. The molecule has 7 heteroatoms. The second kappa shape index (κ2) is 9.01. The first-order valence-electron chi connectivity index (χ1n) is 10.2. The summed E-state index contributed by atoms with van der Waals surface area (Å²) in [6.07, 6.45) is 0.218. The molecular formula is C25H22FN3O3. The van der Waals surface area contributed by atoms with Crippen LogP contribution < -0.4 is 0 Å². The van der Waals surface area contributed by atoms with Crippen LogP contribution in [0.5, 0.6) is 0 Å². The van der Waals surface area contributed by atoms with Gasteiger partial charge in [-0.25, -0.2) is 9.37 Å². The highest BCUT2D eigenvalue weighted by atomic mass is 19.1. The van der Waals surface area contributed by atoms with Gasteiger partial charge >= 0.3 is 5.97 Å². The van der Waals surface area contributed by atoms with E-state index in [-0.39, 0.29) is 18.8 Å². The molecule has 1 N–H and O–H groups in total. The van der Waals surface area contributed by atoms with Gasteiger partial charge in [0, 0.05) is 17.8 Å². The van der Waals surface area contributed by atoms with E-state index in [9.17, 15) is 19.1 Å². The lowest BCUT2D eigenvalue weighted by atomic mass is 10.1. The molecule has 0 radical (unpaired) electrons. The molecule has 1 amide bonds. The maximum absolute atomic E-state index is 14.0. The van der Waals surface area contributed by atoms with Crippen molar-refractivity contribution in [3.8, 4) is 5.69 Å². The second-order valence-electron chi connectivity index (χ2n) is 7.50. The van der Waals surface area contributed by atoms with Crippen LogP contribution >= 0.6 is 0 Å². The predicted molar refractivity (Wildman–Crippen MR) is 119 cm³/mol. The monoisotopic (exact) mass is 431 g/mol. The van der Waals surface area contributed by atoms with E-state index in [1.807, 2.05) is 47.9 Å². The number of para-hydroxylation sites is 1. The van der Waals surface area contributed by atoms with Crippen LogP contribution in [0.4, 0.5) is 4.39 Å². The average Bonchev–Trinajstić information content (AvgIpc) is 3.12. The first kappa shape index (κ1) is 21.2. The Bertz CT molecular complexity index is 1280. The van der Waals surface area contributed by atoms with E-state index < -0.39 is 18.4 Å². The van der Waals surface area contributed by atoms with Gasteiger partial charge in [0.15, 0.2) is 0 Å². The fourth-order valence-corrected chi connectivity index (χ4v) is 3.79. The van der Waals surface area contributed by atoms with E-state index in [0.717, 1.165) is 17.0 Å². The number of imidazole rings is 1. The van der Waals surface area contributed by atoms with Gasteiger partial charge in [-0.05, 0) is 55.3 Å². The summed E-state index contributed by atoms with van der Waals surface area (Å²) in [6.45, 7) is 1.50.